The standard InChI is InChI=1S/C13H16F4N2O/c14-9-1-2-10(11(7-9)13(15,16)17)12(8-18)19-3-5-20-6-4-19/h1-2,7,12H,3-6,8,18H2. The average Bonchev–Trinajstić information content (AvgIpc) is 2.41. The lowest BCUT2D eigenvalue weighted by atomic mass is 9.98. The molecule has 1 aromatic rings. The summed E-state index contributed by atoms with van der Waals surface area (Å²) in [5, 5.41) is 0. The molecule has 1 unspecified atom stereocenters. The topological polar surface area (TPSA) is 38.5 Å². The predicted octanol–water partition coefficient (Wildman–Crippen LogP) is 2.18. The number of alkyl halides is 3. The maximum atomic E-state index is 13.1. The van der Waals surface area contributed by atoms with Crippen molar-refractivity contribution in [1.82, 2.24) is 4.90 Å². The van der Waals surface area contributed by atoms with Crippen molar-refractivity contribution in [1.29, 1.82) is 0 Å². The molecule has 1 atom stereocenters. The van der Waals surface area contributed by atoms with Gasteiger partial charge < -0.3 is 10.5 Å². The van der Waals surface area contributed by atoms with E-state index in [2.05, 4.69) is 0 Å². The number of hydrogen-bond donors (Lipinski definition) is 1. The van der Waals surface area contributed by atoms with Crippen LogP contribution in [0.5, 0.6) is 0 Å². The fourth-order valence-corrected chi connectivity index (χ4v) is 2.43. The Labute approximate surface area is 114 Å². The Morgan fingerprint density at radius 3 is 2.45 bits per heavy atom. The third-order valence-electron chi connectivity index (χ3n) is 3.39. The van der Waals surface area contributed by atoms with Gasteiger partial charge in [-0.3, -0.25) is 4.90 Å². The molecule has 1 fully saturated rings. The van der Waals surface area contributed by atoms with Crippen molar-refractivity contribution in [3.63, 3.8) is 0 Å². The van der Waals surface area contributed by atoms with E-state index in [1.54, 1.807) is 0 Å². The third kappa shape index (κ3) is 3.28. The number of morpholine rings is 1. The fraction of sp³-hybridized carbons (Fsp3) is 0.538. The van der Waals surface area contributed by atoms with Crippen molar-refractivity contribution < 1.29 is 22.3 Å². The number of benzene rings is 1. The first-order chi connectivity index (χ1) is 9.43. The van der Waals surface area contributed by atoms with Gasteiger partial charge in [0.15, 0.2) is 0 Å². The molecule has 0 amide bonds. The second kappa shape index (κ2) is 6.07. The Morgan fingerprint density at radius 1 is 1.25 bits per heavy atom. The van der Waals surface area contributed by atoms with E-state index in [4.69, 9.17) is 10.5 Å². The number of nitrogens with zero attached hydrogens (tertiary/aromatic N) is 1. The molecule has 112 valence electrons. The molecule has 2 N–H and O–H groups in total. The van der Waals surface area contributed by atoms with E-state index < -0.39 is 23.6 Å². The molecule has 1 aromatic carbocycles. The molecule has 0 radical (unpaired) electrons. The van der Waals surface area contributed by atoms with Crippen molar-refractivity contribution in [3.05, 3.63) is 35.1 Å². The summed E-state index contributed by atoms with van der Waals surface area (Å²) in [5.74, 6) is -0.904. The first-order valence-corrected chi connectivity index (χ1v) is 6.32. The van der Waals surface area contributed by atoms with Crippen LogP contribution >= 0.6 is 0 Å². The zero-order chi connectivity index (χ0) is 14.8. The Morgan fingerprint density at radius 2 is 1.90 bits per heavy atom. The summed E-state index contributed by atoms with van der Waals surface area (Å²) in [4.78, 5) is 1.84. The molecule has 0 aliphatic carbocycles. The minimum Gasteiger partial charge on any atom is -0.379 e. The molecule has 20 heavy (non-hydrogen) atoms. The molecule has 0 spiro atoms. The first kappa shape index (κ1) is 15.2. The van der Waals surface area contributed by atoms with E-state index in [1.807, 2.05) is 4.90 Å². The highest BCUT2D eigenvalue weighted by Gasteiger charge is 2.37. The second-order valence-corrected chi connectivity index (χ2v) is 4.63. The number of halogens is 4. The Hall–Kier alpha value is -1.18. The van der Waals surface area contributed by atoms with Crippen LogP contribution in [0.4, 0.5) is 17.6 Å². The van der Waals surface area contributed by atoms with Crippen LogP contribution in [-0.4, -0.2) is 37.7 Å². The van der Waals surface area contributed by atoms with Crippen LogP contribution in [-0.2, 0) is 10.9 Å². The lowest BCUT2D eigenvalue weighted by Gasteiger charge is -2.35. The first-order valence-electron chi connectivity index (χ1n) is 6.32. The van der Waals surface area contributed by atoms with Crippen molar-refractivity contribution >= 4 is 0 Å². The molecule has 0 bridgehead atoms. The number of rotatable bonds is 3. The summed E-state index contributed by atoms with van der Waals surface area (Å²) >= 11 is 0. The minimum atomic E-state index is -4.60. The lowest BCUT2D eigenvalue weighted by Crippen LogP contribution is -2.42. The molecular formula is C13H16F4N2O. The minimum absolute atomic E-state index is 0.0169. The number of hydrogen-bond acceptors (Lipinski definition) is 3. The van der Waals surface area contributed by atoms with Crippen molar-refractivity contribution in [2.75, 3.05) is 32.8 Å². The summed E-state index contributed by atoms with van der Waals surface area (Å²) in [7, 11) is 0. The van der Waals surface area contributed by atoms with Gasteiger partial charge in [0.1, 0.15) is 5.82 Å². The summed E-state index contributed by atoms with van der Waals surface area (Å²) in [6.45, 7) is 1.97. The molecule has 1 heterocycles. The Kier molecular flexibility index (Phi) is 4.62. The Bertz CT molecular complexity index is 458. The molecule has 1 saturated heterocycles. The van der Waals surface area contributed by atoms with Gasteiger partial charge in [-0.15, -0.1) is 0 Å². The van der Waals surface area contributed by atoms with E-state index in [0.717, 1.165) is 6.07 Å². The van der Waals surface area contributed by atoms with Crippen LogP contribution in [0.2, 0.25) is 0 Å². The normalized spacial score (nSPS) is 19.1. The summed E-state index contributed by atoms with van der Waals surface area (Å²) < 4.78 is 57.4. The van der Waals surface area contributed by atoms with Gasteiger partial charge in [0.2, 0.25) is 0 Å². The van der Waals surface area contributed by atoms with Gasteiger partial charge in [-0.1, -0.05) is 6.07 Å². The van der Waals surface area contributed by atoms with E-state index in [0.29, 0.717) is 32.4 Å². The maximum Gasteiger partial charge on any atom is 0.416 e. The molecule has 7 heteroatoms. The van der Waals surface area contributed by atoms with Gasteiger partial charge in [-0.25, -0.2) is 4.39 Å². The molecule has 3 nitrogen and oxygen atoms in total. The van der Waals surface area contributed by atoms with Gasteiger partial charge in [0.25, 0.3) is 0 Å². The molecule has 0 aromatic heterocycles. The number of ether oxygens (including phenoxy) is 1. The van der Waals surface area contributed by atoms with E-state index in [-0.39, 0.29) is 12.1 Å². The maximum absolute atomic E-state index is 13.1. The SMILES string of the molecule is NCC(c1ccc(F)cc1C(F)(F)F)N1CCOCC1. The van der Waals surface area contributed by atoms with Crippen molar-refractivity contribution in [2.45, 2.75) is 12.2 Å². The summed E-state index contributed by atoms with van der Waals surface area (Å²) in [6, 6.07) is 2.15. The van der Waals surface area contributed by atoms with Crippen LogP contribution in [0.3, 0.4) is 0 Å². The van der Waals surface area contributed by atoms with Crippen LogP contribution in [0.1, 0.15) is 17.2 Å². The average molecular weight is 292 g/mol. The largest absolute Gasteiger partial charge is 0.416 e. The van der Waals surface area contributed by atoms with Gasteiger partial charge in [0, 0.05) is 25.7 Å². The van der Waals surface area contributed by atoms with Crippen molar-refractivity contribution in [2.24, 2.45) is 5.73 Å². The van der Waals surface area contributed by atoms with Crippen LogP contribution in [0, 0.1) is 5.82 Å². The van der Waals surface area contributed by atoms with Crippen LogP contribution in [0.15, 0.2) is 18.2 Å². The molecule has 1 aliphatic rings. The second-order valence-electron chi connectivity index (χ2n) is 4.63. The Balaban J connectivity index is 2.38. The molecule has 0 saturated carbocycles. The smallest absolute Gasteiger partial charge is 0.379 e. The highest BCUT2D eigenvalue weighted by molar-refractivity contribution is 5.33. The van der Waals surface area contributed by atoms with Crippen molar-refractivity contribution in [3.8, 4) is 0 Å². The fourth-order valence-electron chi connectivity index (χ4n) is 2.43. The predicted molar refractivity (Wildman–Crippen MR) is 65.6 cm³/mol. The van der Waals surface area contributed by atoms with Crippen LogP contribution < -0.4 is 5.73 Å². The van der Waals surface area contributed by atoms with Gasteiger partial charge in [0.05, 0.1) is 18.8 Å². The number of nitrogens with two attached hydrogens (primary N) is 1. The van der Waals surface area contributed by atoms with Gasteiger partial charge >= 0.3 is 6.18 Å². The molecular weight excluding hydrogens is 276 g/mol. The van der Waals surface area contributed by atoms with E-state index in [9.17, 15) is 17.6 Å². The van der Waals surface area contributed by atoms with Crippen LogP contribution in [0.25, 0.3) is 0 Å². The summed E-state index contributed by atoms with van der Waals surface area (Å²) in [6.07, 6.45) is -4.60. The quantitative estimate of drug-likeness (QED) is 0.868. The van der Waals surface area contributed by atoms with E-state index in [1.165, 1.54) is 6.07 Å². The lowest BCUT2D eigenvalue weighted by molar-refractivity contribution is -0.139. The third-order valence-corrected chi connectivity index (χ3v) is 3.39. The highest BCUT2D eigenvalue weighted by atomic mass is 19.4. The molecule has 1 aliphatic heterocycles. The molecule has 2 rings (SSSR count). The zero-order valence-corrected chi connectivity index (χ0v) is 10.8. The van der Waals surface area contributed by atoms with Gasteiger partial charge in [-0.05, 0) is 17.7 Å². The highest BCUT2D eigenvalue weighted by Crippen LogP contribution is 2.36. The zero-order valence-electron chi connectivity index (χ0n) is 10.8. The monoisotopic (exact) mass is 292 g/mol. The summed E-state index contributed by atoms with van der Waals surface area (Å²) in [5.41, 5.74) is 4.70. The van der Waals surface area contributed by atoms with E-state index >= 15 is 0 Å². The van der Waals surface area contributed by atoms with Gasteiger partial charge in [-0.2, -0.15) is 13.2 Å².